The summed E-state index contributed by atoms with van der Waals surface area (Å²) in [5.74, 6) is 0.0452. The van der Waals surface area contributed by atoms with E-state index in [4.69, 9.17) is 8.92 Å². The van der Waals surface area contributed by atoms with E-state index in [-0.39, 0.29) is 21.9 Å². The van der Waals surface area contributed by atoms with Crippen molar-refractivity contribution in [2.24, 2.45) is 0 Å². The summed E-state index contributed by atoms with van der Waals surface area (Å²) >= 11 is 0. The van der Waals surface area contributed by atoms with Crippen LogP contribution in [-0.2, 0) is 20.9 Å². The Morgan fingerprint density at radius 3 is 2.35 bits per heavy atom. The lowest BCUT2D eigenvalue weighted by Crippen LogP contribution is -2.08. The number of hydrogen-bond acceptors (Lipinski definition) is 6. The van der Waals surface area contributed by atoms with Crippen LogP contribution < -0.4 is 4.74 Å². The van der Waals surface area contributed by atoms with Crippen LogP contribution in [0.3, 0.4) is 0 Å². The van der Waals surface area contributed by atoms with Gasteiger partial charge >= 0.3 is 5.69 Å². The SMILES string of the molecule is COc1cccc(COS(=O)(=O)c2ccc(C)cc2)c1[N+](=O)[O-]. The molecular formula is C15H15NO6S. The van der Waals surface area contributed by atoms with Crippen LogP contribution in [0, 0.1) is 17.0 Å². The number of ether oxygens (including phenoxy) is 1. The van der Waals surface area contributed by atoms with E-state index >= 15 is 0 Å². The van der Waals surface area contributed by atoms with Gasteiger partial charge in [0.05, 0.1) is 29.1 Å². The van der Waals surface area contributed by atoms with Crippen LogP contribution in [0.2, 0.25) is 0 Å². The summed E-state index contributed by atoms with van der Waals surface area (Å²) in [4.78, 5) is 10.5. The highest BCUT2D eigenvalue weighted by atomic mass is 32.2. The first kappa shape index (κ1) is 16.9. The molecular weight excluding hydrogens is 322 g/mol. The Morgan fingerprint density at radius 1 is 1.13 bits per heavy atom. The van der Waals surface area contributed by atoms with E-state index in [2.05, 4.69) is 0 Å². The minimum Gasteiger partial charge on any atom is -0.490 e. The molecule has 7 nitrogen and oxygen atoms in total. The van der Waals surface area contributed by atoms with Crippen LogP contribution in [0.5, 0.6) is 5.75 Å². The van der Waals surface area contributed by atoms with Crippen LogP contribution in [0.4, 0.5) is 5.69 Å². The molecule has 23 heavy (non-hydrogen) atoms. The van der Waals surface area contributed by atoms with Crippen LogP contribution >= 0.6 is 0 Å². The van der Waals surface area contributed by atoms with Crippen LogP contribution in [0.25, 0.3) is 0 Å². The molecule has 2 aromatic carbocycles. The number of hydrogen-bond donors (Lipinski definition) is 0. The zero-order valence-electron chi connectivity index (χ0n) is 12.6. The molecule has 0 heterocycles. The first-order valence-electron chi connectivity index (χ1n) is 6.61. The largest absolute Gasteiger partial charge is 0.490 e. The maximum absolute atomic E-state index is 12.1. The molecule has 0 bridgehead atoms. The Hall–Kier alpha value is -2.45. The Morgan fingerprint density at radius 2 is 1.78 bits per heavy atom. The van der Waals surface area contributed by atoms with E-state index in [1.165, 1.54) is 37.4 Å². The predicted molar refractivity (Wildman–Crippen MR) is 82.8 cm³/mol. The standard InChI is InChI=1S/C15H15NO6S/c1-11-6-8-13(9-7-11)23(19,20)22-10-12-4-3-5-14(21-2)15(12)16(17)18/h3-9H,10H2,1-2H3. The maximum Gasteiger partial charge on any atom is 0.316 e. The van der Waals surface area contributed by atoms with E-state index in [9.17, 15) is 18.5 Å². The van der Waals surface area contributed by atoms with Crippen molar-refractivity contribution in [3.8, 4) is 5.75 Å². The fraction of sp³-hybridized carbons (Fsp3) is 0.200. The minimum atomic E-state index is -4.00. The van der Waals surface area contributed by atoms with Gasteiger partial charge in [-0.15, -0.1) is 0 Å². The van der Waals surface area contributed by atoms with Gasteiger partial charge in [-0.1, -0.05) is 23.8 Å². The molecule has 0 unspecified atom stereocenters. The highest BCUT2D eigenvalue weighted by Crippen LogP contribution is 2.31. The Kier molecular flexibility index (Phi) is 4.97. The summed E-state index contributed by atoms with van der Waals surface area (Å²) in [5, 5.41) is 11.2. The second-order valence-electron chi connectivity index (χ2n) is 4.75. The van der Waals surface area contributed by atoms with Crippen molar-refractivity contribution >= 4 is 15.8 Å². The maximum atomic E-state index is 12.1. The molecule has 8 heteroatoms. The molecule has 0 fully saturated rings. The fourth-order valence-electron chi connectivity index (χ4n) is 1.97. The number of benzene rings is 2. The van der Waals surface area contributed by atoms with Crippen molar-refractivity contribution in [1.29, 1.82) is 0 Å². The quantitative estimate of drug-likeness (QED) is 0.457. The number of nitro groups is 1. The molecule has 0 radical (unpaired) electrons. The van der Waals surface area contributed by atoms with Gasteiger partial charge in [-0.05, 0) is 31.2 Å². The second-order valence-corrected chi connectivity index (χ2v) is 6.37. The summed E-state index contributed by atoms with van der Waals surface area (Å²) < 4.78 is 34.1. The number of rotatable bonds is 6. The molecule has 0 aromatic heterocycles. The van der Waals surface area contributed by atoms with Gasteiger partial charge in [0.2, 0.25) is 0 Å². The summed E-state index contributed by atoms with van der Waals surface area (Å²) in [6.07, 6.45) is 0. The highest BCUT2D eigenvalue weighted by molar-refractivity contribution is 7.86. The third-order valence-corrected chi connectivity index (χ3v) is 4.44. The molecule has 0 aliphatic rings. The Labute approximate surface area is 133 Å². The van der Waals surface area contributed by atoms with Gasteiger partial charge in [0.25, 0.3) is 10.1 Å². The smallest absolute Gasteiger partial charge is 0.316 e. The Balaban J connectivity index is 2.27. The summed E-state index contributed by atoms with van der Waals surface area (Å²) in [6.45, 7) is 1.38. The lowest BCUT2D eigenvalue weighted by Gasteiger charge is -2.08. The first-order valence-corrected chi connectivity index (χ1v) is 8.02. The number of aryl methyl sites for hydroxylation is 1. The molecule has 0 saturated heterocycles. The second kappa shape index (κ2) is 6.76. The molecule has 2 rings (SSSR count). The molecule has 122 valence electrons. The van der Waals surface area contributed by atoms with Crippen molar-refractivity contribution in [3.05, 3.63) is 63.7 Å². The van der Waals surface area contributed by atoms with E-state index in [0.29, 0.717) is 0 Å². The van der Waals surface area contributed by atoms with Crippen LogP contribution in [0.1, 0.15) is 11.1 Å². The van der Waals surface area contributed by atoms with Gasteiger partial charge in [0.15, 0.2) is 5.75 Å². The van der Waals surface area contributed by atoms with Crippen molar-refractivity contribution < 1.29 is 22.3 Å². The monoisotopic (exact) mass is 337 g/mol. The normalized spacial score (nSPS) is 11.2. The molecule has 0 N–H and O–H groups in total. The third-order valence-electron chi connectivity index (χ3n) is 3.16. The van der Waals surface area contributed by atoms with Gasteiger partial charge in [-0.3, -0.25) is 14.3 Å². The predicted octanol–water partition coefficient (Wildman–Crippen LogP) is 2.82. The van der Waals surface area contributed by atoms with Crippen molar-refractivity contribution in [2.75, 3.05) is 7.11 Å². The third kappa shape index (κ3) is 3.85. The van der Waals surface area contributed by atoms with Crippen molar-refractivity contribution in [1.82, 2.24) is 0 Å². The van der Waals surface area contributed by atoms with E-state index in [0.717, 1.165) is 5.56 Å². The van der Waals surface area contributed by atoms with Crippen LogP contribution in [0.15, 0.2) is 47.4 Å². The molecule has 2 aromatic rings. The number of para-hydroxylation sites is 1. The van der Waals surface area contributed by atoms with Gasteiger partial charge in [-0.2, -0.15) is 8.42 Å². The number of nitro benzene ring substituents is 1. The number of nitrogens with zero attached hydrogens (tertiary/aromatic N) is 1. The van der Waals surface area contributed by atoms with Crippen molar-refractivity contribution in [3.63, 3.8) is 0 Å². The van der Waals surface area contributed by atoms with E-state index in [1.807, 2.05) is 6.92 Å². The molecule has 0 spiro atoms. The van der Waals surface area contributed by atoms with Crippen LogP contribution in [-0.4, -0.2) is 20.5 Å². The lowest BCUT2D eigenvalue weighted by molar-refractivity contribution is -0.386. The summed E-state index contributed by atoms with van der Waals surface area (Å²) in [5.41, 5.74) is 0.714. The molecule has 0 atom stereocenters. The zero-order chi connectivity index (χ0) is 17.0. The summed E-state index contributed by atoms with van der Waals surface area (Å²) in [6, 6.07) is 10.5. The van der Waals surface area contributed by atoms with Gasteiger partial charge < -0.3 is 4.74 Å². The van der Waals surface area contributed by atoms with E-state index in [1.54, 1.807) is 12.1 Å². The fourth-order valence-corrected chi connectivity index (χ4v) is 2.86. The molecule has 0 aliphatic heterocycles. The summed E-state index contributed by atoms with van der Waals surface area (Å²) in [7, 11) is -2.70. The lowest BCUT2D eigenvalue weighted by atomic mass is 10.2. The average molecular weight is 337 g/mol. The molecule has 0 amide bonds. The zero-order valence-corrected chi connectivity index (χ0v) is 13.4. The van der Waals surface area contributed by atoms with Gasteiger partial charge in [0.1, 0.15) is 0 Å². The first-order chi connectivity index (χ1) is 10.8. The highest BCUT2D eigenvalue weighted by Gasteiger charge is 2.23. The average Bonchev–Trinajstić information content (AvgIpc) is 2.52. The molecule has 0 aliphatic carbocycles. The van der Waals surface area contributed by atoms with Gasteiger partial charge in [-0.25, -0.2) is 0 Å². The van der Waals surface area contributed by atoms with E-state index < -0.39 is 21.6 Å². The number of methoxy groups -OCH3 is 1. The topological polar surface area (TPSA) is 95.7 Å². The Bertz CT molecular complexity index is 814. The van der Waals surface area contributed by atoms with Crippen molar-refractivity contribution in [2.45, 2.75) is 18.4 Å². The van der Waals surface area contributed by atoms with Gasteiger partial charge in [0, 0.05) is 0 Å². The molecule has 0 saturated carbocycles. The minimum absolute atomic E-state index is 0.00588.